The predicted octanol–water partition coefficient (Wildman–Crippen LogP) is 2.98. The summed E-state index contributed by atoms with van der Waals surface area (Å²) in [4.78, 5) is 26.7. The second-order valence-electron chi connectivity index (χ2n) is 5.45. The Labute approximate surface area is 157 Å². The Kier molecular flexibility index (Phi) is 7.83. The third kappa shape index (κ3) is 5.16. The van der Waals surface area contributed by atoms with Crippen molar-refractivity contribution in [3.8, 4) is 11.1 Å². The SMILES string of the molecule is Cl.Cl.O=C(O)c1ccc(-c2ccc(NC(=O)[C@H]3CCCN3)cc2)cn1. The van der Waals surface area contributed by atoms with Crippen LogP contribution in [0.3, 0.4) is 0 Å². The third-order valence-corrected chi connectivity index (χ3v) is 3.85. The van der Waals surface area contributed by atoms with Gasteiger partial charge >= 0.3 is 5.97 Å². The summed E-state index contributed by atoms with van der Waals surface area (Å²) in [6, 6.07) is 10.5. The molecule has 0 unspecified atom stereocenters. The predicted molar refractivity (Wildman–Crippen MR) is 101 cm³/mol. The standard InChI is InChI=1S/C17H17N3O3.2ClH/c21-16(14-2-1-9-18-14)20-13-6-3-11(4-7-13)12-5-8-15(17(22)23)19-10-12;;/h3-8,10,14,18H,1-2,9H2,(H,20,21)(H,22,23);2*1H/t14-;;/m1../s1. The lowest BCUT2D eigenvalue weighted by Gasteiger charge is -2.11. The van der Waals surface area contributed by atoms with Crippen LogP contribution in [0.25, 0.3) is 11.1 Å². The van der Waals surface area contributed by atoms with Gasteiger partial charge in [0, 0.05) is 17.4 Å². The Hall–Kier alpha value is -2.15. The number of carbonyl (C=O) groups excluding carboxylic acids is 1. The van der Waals surface area contributed by atoms with Crippen LogP contribution in [0, 0.1) is 0 Å². The largest absolute Gasteiger partial charge is 0.477 e. The first kappa shape index (κ1) is 20.9. The van der Waals surface area contributed by atoms with E-state index in [-0.39, 0.29) is 42.5 Å². The first-order valence-electron chi connectivity index (χ1n) is 7.47. The minimum Gasteiger partial charge on any atom is -0.477 e. The quantitative estimate of drug-likeness (QED) is 0.754. The fourth-order valence-corrected chi connectivity index (χ4v) is 2.57. The molecule has 0 spiro atoms. The van der Waals surface area contributed by atoms with E-state index < -0.39 is 5.97 Å². The van der Waals surface area contributed by atoms with Crippen LogP contribution in [0.15, 0.2) is 42.6 Å². The van der Waals surface area contributed by atoms with Crippen LogP contribution in [-0.4, -0.2) is 34.6 Å². The number of hydrogen-bond donors (Lipinski definition) is 3. The maximum absolute atomic E-state index is 12.0. The van der Waals surface area contributed by atoms with Gasteiger partial charge in [0.05, 0.1) is 6.04 Å². The first-order chi connectivity index (χ1) is 11.1. The smallest absolute Gasteiger partial charge is 0.354 e. The van der Waals surface area contributed by atoms with Crippen molar-refractivity contribution in [2.45, 2.75) is 18.9 Å². The van der Waals surface area contributed by atoms with E-state index in [1.54, 1.807) is 6.07 Å². The lowest BCUT2D eigenvalue weighted by molar-refractivity contribution is -0.117. The van der Waals surface area contributed by atoms with Gasteiger partial charge in [-0.1, -0.05) is 18.2 Å². The highest BCUT2D eigenvalue weighted by atomic mass is 35.5. The average Bonchev–Trinajstić information content (AvgIpc) is 3.10. The number of halogens is 2. The molecule has 0 bridgehead atoms. The summed E-state index contributed by atoms with van der Waals surface area (Å²) in [5.74, 6) is -1.06. The zero-order valence-corrected chi connectivity index (χ0v) is 14.9. The van der Waals surface area contributed by atoms with Gasteiger partial charge in [0.1, 0.15) is 5.69 Å². The number of nitrogens with one attached hydrogen (secondary N) is 2. The summed E-state index contributed by atoms with van der Waals surface area (Å²) in [5, 5.41) is 14.9. The molecule has 134 valence electrons. The van der Waals surface area contributed by atoms with E-state index >= 15 is 0 Å². The number of carboxylic acid groups (broad SMARTS) is 1. The van der Waals surface area contributed by atoms with Crippen LogP contribution in [0.4, 0.5) is 5.69 Å². The van der Waals surface area contributed by atoms with Crippen molar-refractivity contribution in [1.82, 2.24) is 10.3 Å². The molecule has 25 heavy (non-hydrogen) atoms. The van der Waals surface area contributed by atoms with Gasteiger partial charge in [-0.25, -0.2) is 9.78 Å². The van der Waals surface area contributed by atoms with Crippen LogP contribution in [0.5, 0.6) is 0 Å². The molecule has 1 fully saturated rings. The van der Waals surface area contributed by atoms with Gasteiger partial charge in [0.25, 0.3) is 0 Å². The Morgan fingerprint density at radius 1 is 1.08 bits per heavy atom. The number of pyridine rings is 1. The van der Waals surface area contributed by atoms with Crippen molar-refractivity contribution in [2.75, 3.05) is 11.9 Å². The van der Waals surface area contributed by atoms with Crippen molar-refractivity contribution in [3.63, 3.8) is 0 Å². The highest BCUT2D eigenvalue weighted by molar-refractivity contribution is 5.95. The third-order valence-electron chi connectivity index (χ3n) is 3.85. The van der Waals surface area contributed by atoms with Gasteiger partial charge in [-0.3, -0.25) is 4.79 Å². The zero-order chi connectivity index (χ0) is 16.2. The molecule has 0 aliphatic carbocycles. The molecule has 0 saturated carbocycles. The Bertz CT molecular complexity index is 715. The normalized spacial score (nSPS) is 15.6. The highest BCUT2D eigenvalue weighted by Crippen LogP contribution is 2.21. The maximum atomic E-state index is 12.0. The van der Waals surface area contributed by atoms with Gasteiger partial charge in [-0.15, -0.1) is 24.8 Å². The molecular formula is C17H19Cl2N3O3. The molecule has 3 rings (SSSR count). The number of aromatic nitrogens is 1. The minimum absolute atomic E-state index is 0. The molecule has 1 aliphatic rings. The number of nitrogens with zero attached hydrogens (tertiary/aromatic N) is 1. The number of amides is 1. The van der Waals surface area contributed by atoms with E-state index in [0.717, 1.165) is 36.2 Å². The fourth-order valence-electron chi connectivity index (χ4n) is 2.57. The monoisotopic (exact) mass is 383 g/mol. The molecule has 0 radical (unpaired) electrons. The molecule has 1 saturated heterocycles. The Balaban J connectivity index is 0.00000156. The zero-order valence-electron chi connectivity index (χ0n) is 13.3. The van der Waals surface area contributed by atoms with Crippen molar-refractivity contribution in [2.24, 2.45) is 0 Å². The van der Waals surface area contributed by atoms with Crippen LogP contribution in [0.2, 0.25) is 0 Å². The molecule has 1 aromatic heterocycles. The van der Waals surface area contributed by atoms with Gasteiger partial charge < -0.3 is 15.7 Å². The van der Waals surface area contributed by atoms with Gasteiger partial charge in [0.15, 0.2) is 0 Å². The van der Waals surface area contributed by atoms with E-state index in [2.05, 4.69) is 15.6 Å². The molecule has 1 aliphatic heterocycles. The molecule has 3 N–H and O–H groups in total. The minimum atomic E-state index is -1.05. The number of hydrogen-bond acceptors (Lipinski definition) is 4. The second-order valence-corrected chi connectivity index (χ2v) is 5.45. The van der Waals surface area contributed by atoms with Crippen molar-refractivity contribution < 1.29 is 14.7 Å². The number of anilines is 1. The maximum Gasteiger partial charge on any atom is 0.354 e. The average molecular weight is 384 g/mol. The van der Waals surface area contributed by atoms with Crippen LogP contribution >= 0.6 is 24.8 Å². The number of rotatable bonds is 4. The van der Waals surface area contributed by atoms with E-state index in [0.29, 0.717) is 0 Å². The Morgan fingerprint density at radius 3 is 2.28 bits per heavy atom. The summed E-state index contributed by atoms with van der Waals surface area (Å²) in [6.07, 6.45) is 3.42. The van der Waals surface area contributed by atoms with Crippen molar-refractivity contribution >= 4 is 42.4 Å². The molecule has 1 amide bonds. The second kappa shape index (κ2) is 9.36. The fraction of sp³-hybridized carbons (Fsp3) is 0.235. The van der Waals surface area contributed by atoms with E-state index in [1.165, 1.54) is 12.3 Å². The van der Waals surface area contributed by atoms with Crippen molar-refractivity contribution in [3.05, 3.63) is 48.3 Å². The molecule has 6 nitrogen and oxygen atoms in total. The summed E-state index contributed by atoms with van der Waals surface area (Å²) < 4.78 is 0. The summed E-state index contributed by atoms with van der Waals surface area (Å²) in [5.41, 5.74) is 2.49. The van der Waals surface area contributed by atoms with Crippen LogP contribution in [-0.2, 0) is 4.79 Å². The van der Waals surface area contributed by atoms with E-state index in [1.807, 2.05) is 24.3 Å². The van der Waals surface area contributed by atoms with Crippen LogP contribution < -0.4 is 10.6 Å². The molecule has 1 atom stereocenters. The number of benzene rings is 1. The van der Waals surface area contributed by atoms with Gasteiger partial charge in [-0.05, 0) is 43.1 Å². The molecule has 8 heteroatoms. The summed E-state index contributed by atoms with van der Waals surface area (Å²) >= 11 is 0. The Morgan fingerprint density at radius 2 is 1.76 bits per heavy atom. The van der Waals surface area contributed by atoms with Gasteiger partial charge in [0.2, 0.25) is 5.91 Å². The first-order valence-corrected chi connectivity index (χ1v) is 7.47. The molecule has 2 heterocycles. The molecule has 1 aromatic carbocycles. The molecule has 2 aromatic rings. The number of aromatic carboxylic acids is 1. The van der Waals surface area contributed by atoms with E-state index in [4.69, 9.17) is 5.11 Å². The lowest BCUT2D eigenvalue weighted by atomic mass is 10.1. The topological polar surface area (TPSA) is 91.3 Å². The number of carbonyl (C=O) groups is 2. The molecular weight excluding hydrogens is 365 g/mol. The summed E-state index contributed by atoms with van der Waals surface area (Å²) in [6.45, 7) is 0.885. The van der Waals surface area contributed by atoms with Crippen molar-refractivity contribution in [1.29, 1.82) is 0 Å². The lowest BCUT2D eigenvalue weighted by Crippen LogP contribution is -2.35. The summed E-state index contributed by atoms with van der Waals surface area (Å²) in [7, 11) is 0. The van der Waals surface area contributed by atoms with E-state index in [9.17, 15) is 9.59 Å². The van der Waals surface area contributed by atoms with Crippen LogP contribution in [0.1, 0.15) is 23.3 Å². The number of carboxylic acids is 1. The van der Waals surface area contributed by atoms with Gasteiger partial charge in [-0.2, -0.15) is 0 Å². The highest BCUT2D eigenvalue weighted by Gasteiger charge is 2.21.